The molecule has 6 nitrogen and oxygen atoms in total. The molecule has 0 aromatic carbocycles. The van der Waals surface area contributed by atoms with Gasteiger partial charge >= 0.3 is 5.97 Å². The van der Waals surface area contributed by atoms with Gasteiger partial charge in [0.15, 0.2) is 5.54 Å². The number of hydrogen-bond acceptors (Lipinski definition) is 5. The van der Waals surface area contributed by atoms with Crippen molar-refractivity contribution in [1.29, 1.82) is 0 Å². The summed E-state index contributed by atoms with van der Waals surface area (Å²) in [5, 5.41) is 27.9. The van der Waals surface area contributed by atoms with Gasteiger partial charge in [0.1, 0.15) is 5.78 Å². The van der Waals surface area contributed by atoms with Crippen LogP contribution in [0.25, 0.3) is 0 Å². The normalized spacial score (nSPS) is 15.0. The maximum atomic E-state index is 11.7. The van der Waals surface area contributed by atoms with Crippen molar-refractivity contribution in [3.63, 3.8) is 0 Å². The number of unbranched alkanes of at least 4 members (excludes halogenated alkanes) is 7. The van der Waals surface area contributed by atoms with Crippen LogP contribution in [0, 0.1) is 0 Å². The van der Waals surface area contributed by atoms with Crippen molar-refractivity contribution in [3.05, 3.63) is 12.2 Å². The fourth-order valence-electron chi connectivity index (χ4n) is 2.87. The molecule has 0 aromatic heterocycles. The summed E-state index contributed by atoms with van der Waals surface area (Å²) in [6, 6.07) is 0. The van der Waals surface area contributed by atoms with E-state index in [-0.39, 0.29) is 6.42 Å². The second-order valence-corrected chi connectivity index (χ2v) is 7.37. The molecule has 5 N–H and O–H groups in total. The van der Waals surface area contributed by atoms with Crippen LogP contribution in [-0.4, -0.2) is 45.3 Å². The fourth-order valence-corrected chi connectivity index (χ4v) is 2.87. The number of hydrogen-bond donors (Lipinski definition) is 4. The molecule has 0 fully saturated rings. The smallest absolute Gasteiger partial charge is 0.328 e. The van der Waals surface area contributed by atoms with E-state index in [1.165, 1.54) is 12.8 Å². The number of carbonyl (C=O) groups excluding carboxylic acids is 1. The summed E-state index contributed by atoms with van der Waals surface area (Å²) < 4.78 is 0. The summed E-state index contributed by atoms with van der Waals surface area (Å²) in [5.41, 5.74) is 3.51. The zero-order chi connectivity index (χ0) is 20.5. The van der Waals surface area contributed by atoms with E-state index in [1.807, 2.05) is 12.2 Å². The Hall–Kier alpha value is -1.24. The van der Waals surface area contributed by atoms with Gasteiger partial charge in [0, 0.05) is 12.8 Å². The van der Waals surface area contributed by atoms with Gasteiger partial charge in [-0.1, -0.05) is 51.2 Å². The van der Waals surface area contributed by atoms with Gasteiger partial charge in [-0.3, -0.25) is 9.59 Å². The van der Waals surface area contributed by atoms with Crippen molar-refractivity contribution < 1.29 is 24.9 Å². The SMILES string of the molecule is CCCCCCC(=O)CCCCCC/C=C/CC[C@H](O)[C@@](N)(CO)C(=O)O. The van der Waals surface area contributed by atoms with Crippen LogP contribution in [0.15, 0.2) is 12.2 Å². The maximum Gasteiger partial charge on any atom is 0.328 e. The summed E-state index contributed by atoms with van der Waals surface area (Å²) in [6.07, 6.45) is 14.5. The summed E-state index contributed by atoms with van der Waals surface area (Å²) in [6.45, 7) is 1.37. The number of ketones is 1. The van der Waals surface area contributed by atoms with E-state index in [4.69, 9.17) is 15.9 Å². The number of carboxylic acid groups (broad SMARTS) is 1. The first-order valence-electron chi connectivity index (χ1n) is 10.4. The lowest BCUT2D eigenvalue weighted by Gasteiger charge is -2.27. The van der Waals surface area contributed by atoms with Crippen LogP contribution >= 0.6 is 0 Å². The molecule has 6 heteroatoms. The molecule has 158 valence electrons. The summed E-state index contributed by atoms with van der Waals surface area (Å²) in [7, 11) is 0. The third-order valence-corrected chi connectivity index (χ3v) is 4.91. The summed E-state index contributed by atoms with van der Waals surface area (Å²) in [5.74, 6) is -1.01. The molecule has 0 amide bonds. The van der Waals surface area contributed by atoms with Gasteiger partial charge in [-0.2, -0.15) is 0 Å². The van der Waals surface area contributed by atoms with Crippen molar-refractivity contribution >= 4 is 11.8 Å². The minimum Gasteiger partial charge on any atom is -0.480 e. The number of aliphatic hydroxyl groups excluding tert-OH is 2. The number of carboxylic acids is 1. The lowest BCUT2D eigenvalue weighted by molar-refractivity contribution is -0.150. The van der Waals surface area contributed by atoms with Gasteiger partial charge in [-0.05, 0) is 38.5 Å². The van der Waals surface area contributed by atoms with Gasteiger partial charge < -0.3 is 21.1 Å². The van der Waals surface area contributed by atoms with E-state index < -0.39 is 24.2 Å². The largest absolute Gasteiger partial charge is 0.480 e. The standard InChI is InChI=1S/C21H39NO5/c1-2-3-4-11-14-18(24)15-12-9-7-5-6-8-10-13-16-19(25)21(22,17-23)20(26)27/h8,10,19,23,25H,2-7,9,11-17,22H2,1H3,(H,26,27)/b10-8+/t19-,21-/m0/s1. The average molecular weight is 386 g/mol. The highest BCUT2D eigenvalue weighted by Gasteiger charge is 2.40. The Morgan fingerprint density at radius 1 is 0.963 bits per heavy atom. The molecule has 0 heterocycles. The third kappa shape index (κ3) is 12.0. The van der Waals surface area contributed by atoms with E-state index in [1.54, 1.807) is 0 Å². The minimum atomic E-state index is -2.00. The lowest BCUT2D eigenvalue weighted by Crippen LogP contribution is -2.60. The Kier molecular flexibility index (Phi) is 15.1. The van der Waals surface area contributed by atoms with Crippen LogP contribution in [0.1, 0.15) is 90.4 Å². The molecule has 0 saturated carbocycles. The Bertz CT molecular complexity index is 438. The number of allylic oxidation sites excluding steroid dienone is 2. The Morgan fingerprint density at radius 2 is 1.52 bits per heavy atom. The molecular formula is C21H39NO5. The van der Waals surface area contributed by atoms with Crippen LogP contribution in [0.3, 0.4) is 0 Å². The van der Waals surface area contributed by atoms with Crippen molar-refractivity contribution in [2.24, 2.45) is 5.73 Å². The zero-order valence-electron chi connectivity index (χ0n) is 16.9. The molecule has 0 saturated heterocycles. The van der Waals surface area contributed by atoms with Crippen molar-refractivity contribution in [2.45, 2.75) is 102 Å². The molecular weight excluding hydrogens is 346 g/mol. The molecule has 2 atom stereocenters. The highest BCUT2D eigenvalue weighted by Crippen LogP contribution is 2.14. The minimum absolute atomic E-state index is 0.195. The quantitative estimate of drug-likeness (QED) is 0.212. The first-order valence-corrected chi connectivity index (χ1v) is 10.4. The number of Topliss-reactive ketones (excluding diaryl/α,β-unsaturated/α-hetero) is 1. The maximum absolute atomic E-state index is 11.7. The first-order chi connectivity index (χ1) is 12.9. The van der Waals surface area contributed by atoms with Crippen LogP contribution in [0.5, 0.6) is 0 Å². The predicted molar refractivity (Wildman–Crippen MR) is 107 cm³/mol. The highest BCUT2D eigenvalue weighted by molar-refractivity contribution is 5.79. The Balaban J connectivity index is 3.63. The van der Waals surface area contributed by atoms with Crippen LogP contribution in [-0.2, 0) is 9.59 Å². The lowest BCUT2D eigenvalue weighted by atomic mass is 9.91. The highest BCUT2D eigenvalue weighted by atomic mass is 16.4. The second kappa shape index (κ2) is 15.8. The zero-order valence-corrected chi connectivity index (χ0v) is 16.9. The van der Waals surface area contributed by atoms with E-state index in [0.29, 0.717) is 18.6 Å². The van der Waals surface area contributed by atoms with E-state index >= 15 is 0 Å². The number of aliphatic carboxylic acids is 1. The van der Waals surface area contributed by atoms with Gasteiger partial charge in [-0.25, -0.2) is 0 Å². The summed E-state index contributed by atoms with van der Waals surface area (Å²) in [4.78, 5) is 22.7. The van der Waals surface area contributed by atoms with E-state index in [2.05, 4.69) is 6.92 Å². The van der Waals surface area contributed by atoms with Gasteiger partial charge in [0.25, 0.3) is 0 Å². The number of aliphatic hydroxyl groups is 2. The molecule has 0 aliphatic rings. The monoisotopic (exact) mass is 385 g/mol. The first kappa shape index (κ1) is 25.8. The predicted octanol–water partition coefficient (Wildman–Crippen LogP) is 3.34. The molecule has 0 aliphatic heterocycles. The van der Waals surface area contributed by atoms with Crippen molar-refractivity contribution in [3.8, 4) is 0 Å². The van der Waals surface area contributed by atoms with E-state index in [9.17, 15) is 14.7 Å². The number of nitrogens with two attached hydrogens (primary N) is 1. The third-order valence-electron chi connectivity index (χ3n) is 4.91. The Morgan fingerprint density at radius 3 is 2.07 bits per heavy atom. The van der Waals surface area contributed by atoms with Gasteiger partial charge in [0.2, 0.25) is 0 Å². The van der Waals surface area contributed by atoms with Gasteiger partial charge in [0.05, 0.1) is 12.7 Å². The molecule has 0 unspecified atom stereocenters. The Labute approximate surface area is 163 Å². The van der Waals surface area contributed by atoms with Crippen LogP contribution in [0.4, 0.5) is 0 Å². The molecule has 0 radical (unpaired) electrons. The number of carbonyl (C=O) groups is 2. The van der Waals surface area contributed by atoms with E-state index in [0.717, 1.165) is 51.4 Å². The molecule has 0 rings (SSSR count). The van der Waals surface area contributed by atoms with Crippen LogP contribution in [0.2, 0.25) is 0 Å². The fraction of sp³-hybridized carbons (Fsp3) is 0.810. The summed E-state index contributed by atoms with van der Waals surface area (Å²) >= 11 is 0. The molecule has 0 aliphatic carbocycles. The average Bonchev–Trinajstić information content (AvgIpc) is 2.65. The van der Waals surface area contributed by atoms with Crippen LogP contribution < -0.4 is 5.73 Å². The van der Waals surface area contributed by atoms with Crippen molar-refractivity contribution in [1.82, 2.24) is 0 Å². The topological polar surface area (TPSA) is 121 Å². The molecule has 0 spiro atoms. The van der Waals surface area contributed by atoms with Gasteiger partial charge in [-0.15, -0.1) is 0 Å². The number of rotatable bonds is 18. The second-order valence-electron chi connectivity index (χ2n) is 7.37. The van der Waals surface area contributed by atoms with Crippen molar-refractivity contribution in [2.75, 3.05) is 6.61 Å². The molecule has 0 bridgehead atoms. The molecule has 27 heavy (non-hydrogen) atoms. The molecule has 0 aromatic rings.